The number of hydrogen-bond acceptors (Lipinski definition) is 4. The minimum absolute atomic E-state index is 0.0256. The second kappa shape index (κ2) is 7.35. The van der Waals surface area contributed by atoms with E-state index in [-0.39, 0.29) is 11.9 Å². The largest absolute Gasteiger partial charge is 0.497 e. The van der Waals surface area contributed by atoms with Gasteiger partial charge in [0.25, 0.3) is 0 Å². The lowest BCUT2D eigenvalue weighted by Gasteiger charge is -2.22. The molecular formula is C17H23FN2O3. The predicted molar refractivity (Wildman–Crippen MR) is 88.0 cm³/mol. The highest BCUT2D eigenvalue weighted by Gasteiger charge is 2.18. The minimum Gasteiger partial charge on any atom is -0.497 e. The predicted octanol–water partition coefficient (Wildman–Crippen LogP) is 4.28. The van der Waals surface area contributed by atoms with Crippen LogP contribution in [0.1, 0.15) is 33.6 Å². The van der Waals surface area contributed by atoms with Crippen LogP contribution in [-0.2, 0) is 9.47 Å². The zero-order chi connectivity index (χ0) is 16.9. The third-order valence-corrected chi connectivity index (χ3v) is 3.16. The maximum Gasteiger partial charge on any atom is 0.412 e. The Morgan fingerprint density at radius 3 is 2.83 bits per heavy atom. The number of benzene rings is 1. The highest BCUT2D eigenvalue weighted by Crippen LogP contribution is 2.24. The van der Waals surface area contributed by atoms with Crippen molar-refractivity contribution in [2.75, 3.05) is 17.2 Å². The number of allylic oxidation sites excluding steroid dienone is 1. The van der Waals surface area contributed by atoms with Crippen LogP contribution in [0, 0.1) is 5.82 Å². The molecule has 1 aliphatic heterocycles. The molecule has 0 aromatic heterocycles. The van der Waals surface area contributed by atoms with Crippen LogP contribution in [0.15, 0.2) is 30.5 Å². The standard InChI is InChI=1S/C17H23FN2O3/c1-17(2,3)23-16(21)20-14-8-7-12(18)10-15(14)19-11-13-6-4-5-9-22-13/h5,7-10,13,19H,4,6,11H2,1-3H3,(H,20,21). The highest BCUT2D eigenvalue weighted by atomic mass is 19.1. The number of halogens is 1. The van der Waals surface area contributed by atoms with Gasteiger partial charge in [-0.05, 0) is 57.9 Å². The van der Waals surface area contributed by atoms with Gasteiger partial charge in [-0.1, -0.05) is 0 Å². The Morgan fingerprint density at radius 1 is 1.39 bits per heavy atom. The molecule has 1 aromatic carbocycles. The fourth-order valence-corrected chi connectivity index (χ4v) is 2.14. The summed E-state index contributed by atoms with van der Waals surface area (Å²) in [6.45, 7) is 5.87. The van der Waals surface area contributed by atoms with E-state index < -0.39 is 11.7 Å². The number of carbonyl (C=O) groups is 1. The Morgan fingerprint density at radius 2 is 2.17 bits per heavy atom. The summed E-state index contributed by atoms with van der Waals surface area (Å²) in [6.07, 6.45) is 4.95. The number of ether oxygens (including phenoxy) is 2. The summed E-state index contributed by atoms with van der Waals surface area (Å²) >= 11 is 0. The zero-order valence-corrected chi connectivity index (χ0v) is 13.7. The second-order valence-corrected chi connectivity index (χ2v) is 6.40. The number of hydrogen-bond donors (Lipinski definition) is 2. The summed E-state index contributed by atoms with van der Waals surface area (Å²) in [7, 11) is 0. The van der Waals surface area contributed by atoms with E-state index >= 15 is 0 Å². The van der Waals surface area contributed by atoms with Gasteiger partial charge >= 0.3 is 6.09 Å². The van der Waals surface area contributed by atoms with Crippen LogP contribution >= 0.6 is 0 Å². The van der Waals surface area contributed by atoms with Crippen LogP contribution in [0.25, 0.3) is 0 Å². The molecule has 1 heterocycles. The van der Waals surface area contributed by atoms with Crippen LogP contribution in [0.5, 0.6) is 0 Å². The normalized spacial score (nSPS) is 17.3. The summed E-state index contributed by atoms with van der Waals surface area (Å²) in [5.74, 6) is -0.383. The molecule has 0 saturated heterocycles. The van der Waals surface area contributed by atoms with Crippen molar-refractivity contribution in [3.05, 3.63) is 36.4 Å². The first-order chi connectivity index (χ1) is 10.8. The smallest absolute Gasteiger partial charge is 0.412 e. The molecule has 1 amide bonds. The van der Waals surface area contributed by atoms with Crippen molar-refractivity contribution >= 4 is 17.5 Å². The van der Waals surface area contributed by atoms with Crippen molar-refractivity contribution in [3.8, 4) is 0 Å². The average Bonchev–Trinajstić information content (AvgIpc) is 2.46. The van der Waals surface area contributed by atoms with Gasteiger partial charge in [0.05, 0.1) is 24.2 Å². The van der Waals surface area contributed by atoms with Crippen LogP contribution in [0.3, 0.4) is 0 Å². The summed E-state index contributed by atoms with van der Waals surface area (Å²) in [6, 6.07) is 4.13. The molecular weight excluding hydrogens is 299 g/mol. The summed E-state index contributed by atoms with van der Waals surface area (Å²) in [4.78, 5) is 11.9. The fraction of sp³-hybridized carbons (Fsp3) is 0.471. The van der Waals surface area contributed by atoms with Crippen LogP contribution in [0.4, 0.5) is 20.6 Å². The first-order valence-electron chi connectivity index (χ1n) is 7.67. The van der Waals surface area contributed by atoms with Gasteiger partial charge in [0.1, 0.15) is 17.5 Å². The van der Waals surface area contributed by atoms with Gasteiger partial charge in [0.15, 0.2) is 0 Å². The minimum atomic E-state index is -0.597. The molecule has 0 spiro atoms. The molecule has 6 heteroatoms. The molecule has 1 aliphatic rings. The molecule has 1 atom stereocenters. The lowest BCUT2D eigenvalue weighted by atomic mass is 10.1. The van der Waals surface area contributed by atoms with E-state index in [0.717, 1.165) is 12.8 Å². The van der Waals surface area contributed by atoms with Crippen LogP contribution in [0.2, 0.25) is 0 Å². The highest BCUT2D eigenvalue weighted by molar-refractivity contribution is 5.89. The number of nitrogens with one attached hydrogen (secondary N) is 2. The van der Waals surface area contributed by atoms with E-state index in [0.29, 0.717) is 17.9 Å². The number of carbonyl (C=O) groups excluding carboxylic acids is 1. The van der Waals surface area contributed by atoms with E-state index in [2.05, 4.69) is 10.6 Å². The monoisotopic (exact) mass is 322 g/mol. The molecule has 2 rings (SSSR count). The lowest BCUT2D eigenvalue weighted by molar-refractivity contribution is 0.0636. The Kier molecular flexibility index (Phi) is 5.47. The van der Waals surface area contributed by atoms with E-state index in [1.807, 2.05) is 6.08 Å². The van der Waals surface area contributed by atoms with Gasteiger partial charge in [0.2, 0.25) is 0 Å². The SMILES string of the molecule is CC(C)(C)OC(=O)Nc1ccc(F)cc1NCC1CCC=CO1. The molecule has 5 nitrogen and oxygen atoms in total. The maximum atomic E-state index is 13.5. The van der Waals surface area contributed by atoms with Crippen molar-refractivity contribution < 1.29 is 18.7 Å². The molecule has 0 saturated carbocycles. The Labute approximate surface area is 135 Å². The molecule has 1 unspecified atom stereocenters. The molecule has 2 N–H and O–H groups in total. The first-order valence-corrected chi connectivity index (χ1v) is 7.67. The van der Waals surface area contributed by atoms with E-state index in [4.69, 9.17) is 9.47 Å². The zero-order valence-electron chi connectivity index (χ0n) is 13.7. The molecule has 0 aliphatic carbocycles. The topological polar surface area (TPSA) is 59.6 Å². The van der Waals surface area contributed by atoms with Gasteiger partial charge < -0.3 is 14.8 Å². The lowest BCUT2D eigenvalue weighted by Crippen LogP contribution is -2.28. The van der Waals surface area contributed by atoms with Crippen molar-refractivity contribution in [2.24, 2.45) is 0 Å². The number of rotatable bonds is 4. The second-order valence-electron chi connectivity index (χ2n) is 6.40. The Bertz CT molecular complexity index is 582. The van der Waals surface area contributed by atoms with E-state index in [1.54, 1.807) is 27.0 Å². The molecule has 0 radical (unpaired) electrons. The Balaban J connectivity index is 2.01. The van der Waals surface area contributed by atoms with Gasteiger partial charge in [-0.2, -0.15) is 0 Å². The molecule has 0 fully saturated rings. The van der Waals surface area contributed by atoms with Crippen LogP contribution < -0.4 is 10.6 Å². The van der Waals surface area contributed by atoms with Gasteiger partial charge in [0, 0.05) is 0 Å². The van der Waals surface area contributed by atoms with Crippen molar-refractivity contribution in [1.29, 1.82) is 0 Å². The first kappa shape index (κ1) is 17.1. The summed E-state index contributed by atoms with van der Waals surface area (Å²) in [5, 5.41) is 5.76. The van der Waals surface area contributed by atoms with Gasteiger partial charge in [-0.15, -0.1) is 0 Å². The van der Waals surface area contributed by atoms with Gasteiger partial charge in [-0.25, -0.2) is 9.18 Å². The quantitative estimate of drug-likeness (QED) is 0.869. The fourth-order valence-electron chi connectivity index (χ4n) is 2.14. The van der Waals surface area contributed by atoms with Gasteiger partial charge in [-0.3, -0.25) is 5.32 Å². The maximum absolute atomic E-state index is 13.5. The summed E-state index contributed by atoms with van der Waals surface area (Å²) in [5.41, 5.74) is 0.362. The van der Waals surface area contributed by atoms with Crippen molar-refractivity contribution in [3.63, 3.8) is 0 Å². The third kappa shape index (κ3) is 5.81. The average molecular weight is 322 g/mol. The van der Waals surface area contributed by atoms with E-state index in [1.165, 1.54) is 18.2 Å². The van der Waals surface area contributed by atoms with Crippen LogP contribution in [-0.4, -0.2) is 24.3 Å². The van der Waals surface area contributed by atoms with E-state index in [9.17, 15) is 9.18 Å². The molecule has 23 heavy (non-hydrogen) atoms. The molecule has 1 aromatic rings. The number of amides is 1. The molecule has 126 valence electrons. The molecule has 0 bridgehead atoms. The summed E-state index contributed by atoms with van der Waals surface area (Å²) < 4.78 is 24.2. The number of anilines is 2. The van der Waals surface area contributed by atoms with Crippen molar-refractivity contribution in [1.82, 2.24) is 0 Å². The Hall–Kier alpha value is -2.24. The third-order valence-electron chi connectivity index (χ3n) is 3.16. The van der Waals surface area contributed by atoms with Crippen molar-refractivity contribution in [2.45, 2.75) is 45.3 Å².